The first-order valence-electron chi connectivity index (χ1n) is 11.4. The first-order chi connectivity index (χ1) is 18.0. The average Bonchev–Trinajstić information content (AvgIpc) is 3.36. The van der Waals surface area contributed by atoms with Gasteiger partial charge in [0, 0.05) is 22.9 Å². The minimum absolute atomic E-state index is 0.0965. The topological polar surface area (TPSA) is 99.9 Å². The van der Waals surface area contributed by atoms with Gasteiger partial charge in [0.15, 0.2) is 11.0 Å². The second-order valence-electron chi connectivity index (χ2n) is 7.90. The fourth-order valence-corrected chi connectivity index (χ4v) is 4.22. The molecule has 0 bridgehead atoms. The third-order valence-corrected chi connectivity index (χ3v) is 6.37. The molecule has 10 heteroatoms. The van der Waals surface area contributed by atoms with Gasteiger partial charge in [-0.2, -0.15) is 5.10 Å². The molecule has 0 radical (unpaired) electrons. The van der Waals surface area contributed by atoms with Crippen LogP contribution < -0.4 is 19.6 Å². The molecule has 3 aromatic carbocycles. The molecule has 1 aromatic heterocycles. The van der Waals surface area contributed by atoms with Crippen LogP contribution in [-0.2, 0) is 4.79 Å². The number of hydrogen-bond acceptors (Lipinski definition) is 8. The lowest BCUT2D eigenvalue weighted by Crippen LogP contribution is -2.20. The van der Waals surface area contributed by atoms with Gasteiger partial charge >= 0.3 is 0 Å². The molecule has 0 fully saturated rings. The summed E-state index contributed by atoms with van der Waals surface area (Å²) >= 11 is 1.27. The van der Waals surface area contributed by atoms with Crippen molar-refractivity contribution >= 4 is 23.9 Å². The van der Waals surface area contributed by atoms with Gasteiger partial charge in [0.05, 0.1) is 33.3 Å². The van der Waals surface area contributed by atoms with Crippen LogP contribution in [0.3, 0.4) is 0 Å². The van der Waals surface area contributed by atoms with Crippen LogP contribution in [0.4, 0.5) is 0 Å². The molecule has 1 N–H and O–H groups in total. The van der Waals surface area contributed by atoms with E-state index in [-0.39, 0.29) is 11.7 Å². The van der Waals surface area contributed by atoms with Gasteiger partial charge in [0.1, 0.15) is 17.2 Å². The summed E-state index contributed by atoms with van der Waals surface area (Å²) in [7, 11) is 4.77. The molecule has 0 aliphatic carbocycles. The van der Waals surface area contributed by atoms with Gasteiger partial charge in [-0.3, -0.25) is 9.36 Å². The van der Waals surface area contributed by atoms with Crippen LogP contribution >= 0.6 is 11.8 Å². The predicted molar refractivity (Wildman–Crippen MR) is 144 cm³/mol. The highest BCUT2D eigenvalue weighted by atomic mass is 32.2. The SMILES string of the molecule is COc1ccc(-n2c(SCC(=O)N/N=C/c3ccc(OC)cc3OC)nnc2-c2ccc(C)cc2)cc1. The van der Waals surface area contributed by atoms with Gasteiger partial charge in [-0.15, -0.1) is 10.2 Å². The number of ether oxygens (including phenoxy) is 3. The summed E-state index contributed by atoms with van der Waals surface area (Å²) in [5.74, 6) is 2.49. The standard InChI is InChI=1S/C27H27N5O4S/c1-18-5-7-19(8-6-18)26-30-31-27(32(26)21-10-13-22(34-2)14-11-21)37-17-25(33)29-28-16-20-9-12-23(35-3)15-24(20)36-4/h5-16H,17H2,1-4H3,(H,29,33)/b28-16+. The molecule has 190 valence electrons. The Morgan fingerprint density at radius 2 is 1.65 bits per heavy atom. The van der Waals surface area contributed by atoms with Crippen molar-refractivity contribution in [2.24, 2.45) is 5.10 Å². The van der Waals surface area contributed by atoms with Crippen molar-refractivity contribution in [3.63, 3.8) is 0 Å². The Balaban J connectivity index is 1.50. The summed E-state index contributed by atoms with van der Waals surface area (Å²) < 4.78 is 17.8. The lowest BCUT2D eigenvalue weighted by molar-refractivity contribution is -0.118. The van der Waals surface area contributed by atoms with Gasteiger partial charge < -0.3 is 14.2 Å². The van der Waals surface area contributed by atoms with E-state index in [9.17, 15) is 4.79 Å². The molecule has 37 heavy (non-hydrogen) atoms. The van der Waals surface area contributed by atoms with E-state index in [1.165, 1.54) is 18.0 Å². The minimum atomic E-state index is -0.283. The molecule has 0 saturated heterocycles. The summed E-state index contributed by atoms with van der Waals surface area (Å²) in [5, 5.41) is 13.4. The number of benzene rings is 3. The molecule has 0 atom stereocenters. The Kier molecular flexibility index (Phi) is 8.42. The number of amides is 1. The lowest BCUT2D eigenvalue weighted by atomic mass is 10.1. The van der Waals surface area contributed by atoms with Gasteiger partial charge in [-0.05, 0) is 43.3 Å². The van der Waals surface area contributed by atoms with Crippen molar-refractivity contribution in [3.8, 4) is 34.3 Å². The molecule has 4 aromatic rings. The van der Waals surface area contributed by atoms with Crippen LogP contribution in [0.1, 0.15) is 11.1 Å². The van der Waals surface area contributed by atoms with Crippen molar-refractivity contribution in [1.29, 1.82) is 0 Å². The maximum Gasteiger partial charge on any atom is 0.250 e. The highest BCUT2D eigenvalue weighted by Gasteiger charge is 2.17. The number of aromatic nitrogens is 3. The van der Waals surface area contributed by atoms with Crippen LogP contribution in [0.2, 0.25) is 0 Å². The third-order valence-electron chi connectivity index (χ3n) is 5.44. The molecule has 0 aliphatic rings. The van der Waals surface area contributed by atoms with Crippen LogP contribution in [0, 0.1) is 6.92 Å². The number of aryl methyl sites for hydroxylation is 1. The Morgan fingerprint density at radius 3 is 2.32 bits per heavy atom. The zero-order valence-corrected chi connectivity index (χ0v) is 21.8. The van der Waals surface area contributed by atoms with Gasteiger partial charge in [0.2, 0.25) is 0 Å². The predicted octanol–water partition coefficient (Wildman–Crippen LogP) is 4.51. The summed E-state index contributed by atoms with van der Waals surface area (Å²) in [4.78, 5) is 12.5. The number of rotatable bonds is 10. The lowest BCUT2D eigenvalue weighted by Gasteiger charge is -2.11. The van der Waals surface area contributed by atoms with Crippen LogP contribution in [0.15, 0.2) is 77.0 Å². The number of nitrogens with one attached hydrogen (secondary N) is 1. The zero-order chi connectivity index (χ0) is 26.2. The quantitative estimate of drug-likeness (QED) is 0.188. The van der Waals surface area contributed by atoms with E-state index in [2.05, 4.69) is 20.7 Å². The maximum absolute atomic E-state index is 12.5. The number of hydrogen-bond donors (Lipinski definition) is 1. The molecule has 1 heterocycles. The summed E-state index contributed by atoms with van der Waals surface area (Å²) in [6, 6.07) is 21.0. The van der Waals surface area contributed by atoms with Crippen molar-refractivity contribution in [3.05, 3.63) is 77.9 Å². The van der Waals surface area contributed by atoms with Crippen molar-refractivity contribution in [2.75, 3.05) is 27.1 Å². The fourth-order valence-electron chi connectivity index (χ4n) is 3.48. The minimum Gasteiger partial charge on any atom is -0.497 e. The second-order valence-corrected chi connectivity index (χ2v) is 8.84. The molecule has 0 saturated carbocycles. The number of thioether (sulfide) groups is 1. The molecular weight excluding hydrogens is 490 g/mol. The van der Waals surface area contributed by atoms with E-state index >= 15 is 0 Å². The second kappa shape index (κ2) is 12.1. The van der Waals surface area contributed by atoms with Gasteiger partial charge in [0.25, 0.3) is 5.91 Å². The van der Waals surface area contributed by atoms with E-state index in [0.717, 1.165) is 22.6 Å². The molecule has 1 amide bonds. The molecule has 9 nitrogen and oxygen atoms in total. The van der Waals surface area contributed by atoms with E-state index in [4.69, 9.17) is 14.2 Å². The van der Waals surface area contributed by atoms with E-state index in [1.807, 2.05) is 60.0 Å². The van der Waals surface area contributed by atoms with Gasteiger partial charge in [-0.1, -0.05) is 41.6 Å². The molecule has 4 rings (SSSR count). The summed E-state index contributed by atoms with van der Waals surface area (Å²) in [6.07, 6.45) is 1.52. The summed E-state index contributed by atoms with van der Waals surface area (Å²) in [6.45, 7) is 2.03. The van der Waals surface area contributed by atoms with Crippen molar-refractivity contribution in [1.82, 2.24) is 20.2 Å². The number of hydrazone groups is 1. The zero-order valence-electron chi connectivity index (χ0n) is 21.0. The van der Waals surface area contributed by atoms with Crippen LogP contribution in [0.25, 0.3) is 17.1 Å². The van der Waals surface area contributed by atoms with Crippen LogP contribution in [0.5, 0.6) is 17.2 Å². The molecule has 0 unspecified atom stereocenters. The summed E-state index contributed by atoms with van der Waals surface area (Å²) in [5.41, 5.74) is 6.18. The monoisotopic (exact) mass is 517 g/mol. The van der Waals surface area contributed by atoms with Crippen LogP contribution in [-0.4, -0.2) is 54.0 Å². The Labute approximate surface area is 219 Å². The fraction of sp³-hybridized carbons (Fsp3) is 0.185. The molecule has 0 spiro atoms. The first kappa shape index (κ1) is 25.8. The number of carbonyl (C=O) groups is 1. The van der Waals surface area contributed by atoms with E-state index in [0.29, 0.717) is 28.0 Å². The molecule has 0 aliphatic heterocycles. The van der Waals surface area contributed by atoms with E-state index < -0.39 is 0 Å². The number of carbonyl (C=O) groups excluding carboxylic acids is 1. The first-order valence-corrected chi connectivity index (χ1v) is 12.3. The highest BCUT2D eigenvalue weighted by molar-refractivity contribution is 7.99. The number of methoxy groups -OCH3 is 3. The normalized spacial score (nSPS) is 10.9. The largest absolute Gasteiger partial charge is 0.497 e. The van der Waals surface area contributed by atoms with Crippen molar-refractivity contribution in [2.45, 2.75) is 12.1 Å². The molecular formula is C27H27N5O4S. The average molecular weight is 518 g/mol. The third kappa shape index (κ3) is 6.28. The smallest absolute Gasteiger partial charge is 0.250 e. The number of nitrogens with zero attached hydrogens (tertiary/aromatic N) is 4. The maximum atomic E-state index is 12.5. The Bertz CT molecular complexity index is 1390. The van der Waals surface area contributed by atoms with Crippen molar-refractivity contribution < 1.29 is 19.0 Å². The highest BCUT2D eigenvalue weighted by Crippen LogP contribution is 2.29. The van der Waals surface area contributed by atoms with E-state index in [1.54, 1.807) is 39.5 Å². The Hall–Kier alpha value is -4.31. The Morgan fingerprint density at radius 1 is 0.946 bits per heavy atom. The van der Waals surface area contributed by atoms with Gasteiger partial charge in [-0.25, -0.2) is 5.43 Å².